The predicted molar refractivity (Wildman–Crippen MR) is 90.3 cm³/mol. The lowest BCUT2D eigenvalue weighted by Gasteiger charge is -2.56. The standard InChI is InChI=1S/C21H28O3/c1-11(22)13-4-5-14-17-15(7-9-20(13,14)2)21(3)8-6-12(23)10-16(21)18-19(17)24-18/h10,13-15,17-19H,4-9H2,1-3H3/t13-,14+,15-,17+,18-,19+,20-,21+/m1/s1. The van der Waals surface area contributed by atoms with Gasteiger partial charge in [0.1, 0.15) is 11.9 Å². The molecule has 4 fully saturated rings. The number of epoxide rings is 1. The molecule has 0 N–H and O–H groups in total. The Balaban J connectivity index is 1.55. The van der Waals surface area contributed by atoms with Crippen molar-refractivity contribution in [3.8, 4) is 0 Å². The third kappa shape index (κ3) is 1.72. The van der Waals surface area contributed by atoms with Crippen molar-refractivity contribution in [3.63, 3.8) is 0 Å². The van der Waals surface area contributed by atoms with Crippen LogP contribution in [0.15, 0.2) is 11.6 Å². The van der Waals surface area contributed by atoms with Crippen LogP contribution < -0.4 is 0 Å². The summed E-state index contributed by atoms with van der Waals surface area (Å²) in [5.41, 5.74) is 1.62. The molecule has 130 valence electrons. The Morgan fingerprint density at radius 3 is 2.71 bits per heavy atom. The van der Waals surface area contributed by atoms with Gasteiger partial charge >= 0.3 is 0 Å². The lowest BCUT2D eigenvalue weighted by molar-refractivity contribution is -0.128. The molecule has 0 aromatic carbocycles. The van der Waals surface area contributed by atoms with Gasteiger partial charge in [0.05, 0.1) is 6.10 Å². The summed E-state index contributed by atoms with van der Waals surface area (Å²) in [6.07, 6.45) is 8.72. The molecule has 0 bridgehead atoms. The highest BCUT2D eigenvalue weighted by molar-refractivity contribution is 5.92. The van der Waals surface area contributed by atoms with E-state index in [1.165, 1.54) is 18.4 Å². The maximum Gasteiger partial charge on any atom is 0.155 e. The van der Waals surface area contributed by atoms with Crippen LogP contribution in [0.5, 0.6) is 0 Å². The van der Waals surface area contributed by atoms with Crippen LogP contribution in [0.3, 0.4) is 0 Å². The van der Waals surface area contributed by atoms with E-state index in [2.05, 4.69) is 13.8 Å². The molecule has 5 aliphatic rings. The monoisotopic (exact) mass is 328 g/mol. The Kier molecular flexibility index (Phi) is 2.94. The topological polar surface area (TPSA) is 46.7 Å². The van der Waals surface area contributed by atoms with Gasteiger partial charge in [0, 0.05) is 12.3 Å². The third-order valence-corrected chi connectivity index (χ3v) is 8.72. The molecule has 8 atom stereocenters. The number of Topliss-reactive ketones (excluding diaryl/α,β-unsaturated/α-hetero) is 1. The molecular formula is C21H28O3. The predicted octanol–water partition coefficient (Wildman–Crippen LogP) is 3.71. The van der Waals surface area contributed by atoms with Crippen LogP contribution >= 0.6 is 0 Å². The zero-order valence-electron chi connectivity index (χ0n) is 15.0. The molecule has 0 spiro atoms. The summed E-state index contributed by atoms with van der Waals surface area (Å²) in [5.74, 6) is 2.76. The van der Waals surface area contributed by atoms with E-state index in [4.69, 9.17) is 4.74 Å². The minimum Gasteiger partial charge on any atom is -0.365 e. The van der Waals surface area contributed by atoms with Gasteiger partial charge < -0.3 is 4.74 Å². The number of hydrogen-bond donors (Lipinski definition) is 0. The summed E-state index contributed by atoms with van der Waals surface area (Å²) in [5, 5.41) is 0. The van der Waals surface area contributed by atoms with Gasteiger partial charge in [-0.15, -0.1) is 0 Å². The van der Waals surface area contributed by atoms with Crippen molar-refractivity contribution in [3.05, 3.63) is 11.6 Å². The largest absolute Gasteiger partial charge is 0.365 e. The lowest BCUT2D eigenvalue weighted by Crippen LogP contribution is -2.53. The summed E-state index contributed by atoms with van der Waals surface area (Å²) in [4.78, 5) is 24.2. The molecule has 0 amide bonds. The summed E-state index contributed by atoms with van der Waals surface area (Å²) < 4.78 is 6.17. The van der Waals surface area contributed by atoms with Gasteiger partial charge in [-0.3, -0.25) is 9.59 Å². The Labute approximate surface area is 144 Å². The minimum atomic E-state index is 0.145. The summed E-state index contributed by atoms with van der Waals surface area (Å²) in [6.45, 7) is 6.56. The van der Waals surface area contributed by atoms with Gasteiger partial charge in [-0.2, -0.15) is 0 Å². The van der Waals surface area contributed by atoms with Crippen molar-refractivity contribution in [1.29, 1.82) is 0 Å². The first kappa shape index (κ1) is 15.3. The fraction of sp³-hybridized carbons (Fsp3) is 0.810. The second kappa shape index (κ2) is 4.60. The number of ether oxygens (including phenoxy) is 1. The van der Waals surface area contributed by atoms with E-state index in [0.717, 1.165) is 19.3 Å². The van der Waals surface area contributed by atoms with Crippen molar-refractivity contribution >= 4 is 11.6 Å². The van der Waals surface area contributed by atoms with Crippen LogP contribution in [0.4, 0.5) is 0 Å². The second-order valence-corrected chi connectivity index (χ2v) is 9.58. The first-order chi connectivity index (χ1) is 11.4. The van der Waals surface area contributed by atoms with Gasteiger partial charge in [-0.05, 0) is 79.3 Å². The van der Waals surface area contributed by atoms with Crippen molar-refractivity contribution in [2.75, 3.05) is 0 Å². The van der Waals surface area contributed by atoms with Crippen LogP contribution in [0.25, 0.3) is 0 Å². The van der Waals surface area contributed by atoms with E-state index in [-0.39, 0.29) is 28.6 Å². The summed E-state index contributed by atoms with van der Waals surface area (Å²) >= 11 is 0. The molecule has 1 heterocycles. The quantitative estimate of drug-likeness (QED) is 0.689. The molecule has 24 heavy (non-hydrogen) atoms. The molecule has 4 aliphatic carbocycles. The highest BCUT2D eigenvalue weighted by atomic mass is 16.6. The maximum absolute atomic E-state index is 12.2. The second-order valence-electron chi connectivity index (χ2n) is 9.58. The van der Waals surface area contributed by atoms with Crippen LogP contribution in [-0.4, -0.2) is 23.8 Å². The molecular weight excluding hydrogens is 300 g/mol. The molecule has 1 saturated heterocycles. The first-order valence-electron chi connectivity index (χ1n) is 9.77. The van der Waals surface area contributed by atoms with Crippen LogP contribution in [0, 0.1) is 34.5 Å². The maximum atomic E-state index is 12.2. The molecule has 3 nitrogen and oxygen atoms in total. The van der Waals surface area contributed by atoms with Crippen LogP contribution in [0.2, 0.25) is 0 Å². The van der Waals surface area contributed by atoms with Gasteiger partial charge in [0.15, 0.2) is 5.78 Å². The van der Waals surface area contributed by atoms with Crippen molar-refractivity contribution in [2.24, 2.45) is 34.5 Å². The highest BCUT2D eigenvalue weighted by Crippen LogP contribution is 2.70. The number of hydrogen-bond acceptors (Lipinski definition) is 3. The van der Waals surface area contributed by atoms with E-state index >= 15 is 0 Å². The Morgan fingerprint density at radius 2 is 1.96 bits per heavy atom. The number of rotatable bonds is 1. The minimum absolute atomic E-state index is 0.145. The van der Waals surface area contributed by atoms with Crippen LogP contribution in [0.1, 0.15) is 59.3 Å². The van der Waals surface area contributed by atoms with E-state index in [9.17, 15) is 9.59 Å². The van der Waals surface area contributed by atoms with E-state index in [0.29, 0.717) is 36.1 Å². The fourth-order valence-electron chi connectivity index (χ4n) is 7.48. The molecule has 1 aliphatic heterocycles. The number of carbonyl (C=O) groups excluding carboxylic acids is 2. The lowest BCUT2D eigenvalue weighted by atomic mass is 9.46. The Bertz CT molecular complexity index is 664. The normalized spacial score (nSPS) is 55.0. The van der Waals surface area contributed by atoms with Gasteiger partial charge in [-0.25, -0.2) is 0 Å². The summed E-state index contributed by atoms with van der Waals surface area (Å²) in [6, 6.07) is 0. The molecule has 0 radical (unpaired) electrons. The van der Waals surface area contributed by atoms with Gasteiger partial charge in [-0.1, -0.05) is 13.8 Å². The average Bonchev–Trinajstić information content (AvgIpc) is 3.23. The van der Waals surface area contributed by atoms with E-state index in [1.54, 1.807) is 6.92 Å². The Hall–Kier alpha value is -0.960. The van der Waals surface area contributed by atoms with Gasteiger partial charge in [0.2, 0.25) is 0 Å². The molecule has 0 unspecified atom stereocenters. The third-order valence-electron chi connectivity index (χ3n) is 8.72. The number of ketones is 2. The first-order valence-corrected chi connectivity index (χ1v) is 9.77. The zero-order chi connectivity index (χ0) is 16.9. The SMILES string of the molecule is CC(=O)[C@H]1CC[C@H]2[C@@H]3[C@@H]4O[C@@H]4C4=CC(=O)CC[C@@]4(C)[C@@H]3CC[C@]12C. The Morgan fingerprint density at radius 1 is 1.17 bits per heavy atom. The summed E-state index contributed by atoms with van der Waals surface area (Å²) in [7, 11) is 0. The average molecular weight is 328 g/mol. The number of fused-ring (bicyclic) bond motifs is 8. The van der Waals surface area contributed by atoms with Crippen molar-refractivity contribution in [2.45, 2.75) is 71.5 Å². The van der Waals surface area contributed by atoms with E-state index in [1.807, 2.05) is 6.08 Å². The molecule has 0 aromatic rings. The van der Waals surface area contributed by atoms with Crippen LogP contribution in [-0.2, 0) is 14.3 Å². The molecule has 5 rings (SSSR count). The zero-order valence-corrected chi connectivity index (χ0v) is 15.0. The molecule has 0 aromatic heterocycles. The fourth-order valence-corrected chi connectivity index (χ4v) is 7.48. The van der Waals surface area contributed by atoms with E-state index < -0.39 is 0 Å². The van der Waals surface area contributed by atoms with Crippen molar-refractivity contribution < 1.29 is 14.3 Å². The number of carbonyl (C=O) groups is 2. The molecule has 3 heteroatoms. The van der Waals surface area contributed by atoms with Crippen molar-refractivity contribution in [1.82, 2.24) is 0 Å². The highest BCUT2D eigenvalue weighted by Gasteiger charge is 2.69. The smallest absolute Gasteiger partial charge is 0.155 e. The van der Waals surface area contributed by atoms with Gasteiger partial charge in [0.25, 0.3) is 0 Å². The molecule has 3 saturated carbocycles.